The van der Waals surface area contributed by atoms with E-state index >= 15 is 0 Å². The van der Waals surface area contributed by atoms with E-state index in [0.717, 1.165) is 23.1 Å². The predicted octanol–water partition coefficient (Wildman–Crippen LogP) is 3.37. The highest BCUT2D eigenvalue weighted by Gasteiger charge is 2.16. The van der Waals surface area contributed by atoms with Gasteiger partial charge in [0.15, 0.2) is 6.61 Å². The van der Waals surface area contributed by atoms with E-state index in [1.807, 2.05) is 67.7 Å². The number of carbonyl (C=O) groups is 1. The number of carbonyl (C=O) groups excluding carboxylic acids is 1. The Morgan fingerprint density at radius 1 is 1.07 bits per heavy atom. The van der Waals surface area contributed by atoms with Crippen molar-refractivity contribution in [3.05, 3.63) is 78.6 Å². The standard InChI is InChI=1S/C24H26N2O4/c1-17(23(27)12-7-18-4-3-13-26-15-18)30-21-10-8-19(9-11-21)20-5-2-6-22(14-20)29-16-24(25)28/h2-6,8-11,13-15,17,23,27H,7,12,16H2,1H3,(H2,25,28). The van der Waals surface area contributed by atoms with Crippen LogP contribution in [0.1, 0.15) is 18.9 Å². The molecule has 0 aliphatic heterocycles. The van der Waals surface area contributed by atoms with Crippen LogP contribution in [0.25, 0.3) is 11.1 Å². The molecule has 0 spiro atoms. The molecular weight excluding hydrogens is 380 g/mol. The number of hydrogen-bond donors (Lipinski definition) is 2. The molecule has 3 aromatic rings. The first kappa shape index (κ1) is 21.3. The lowest BCUT2D eigenvalue weighted by molar-refractivity contribution is -0.119. The fourth-order valence-corrected chi connectivity index (χ4v) is 3.03. The Hall–Kier alpha value is -3.38. The van der Waals surface area contributed by atoms with E-state index in [1.54, 1.807) is 12.3 Å². The highest BCUT2D eigenvalue weighted by molar-refractivity contribution is 5.75. The maximum absolute atomic E-state index is 10.9. The summed E-state index contributed by atoms with van der Waals surface area (Å²) in [5, 5.41) is 10.4. The van der Waals surface area contributed by atoms with E-state index < -0.39 is 12.0 Å². The normalized spacial score (nSPS) is 12.7. The van der Waals surface area contributed by atoms with Crippen molar-refractivity contribution in [2.24, 2.45) is 5.73 Å². The number of aliphatic hydroxyl groups is 1. The van der Waals surface area contributed by atoms with Gasteiger partial charge in [-0.2, -0.15) is 0 Å². The minimum Gasteiger partial charge on any atom is -0.488 e. The minimum absolute atomic E-state index is 0.156. The van der Waals surface area contributed by atoms with Gasteiger partial charge in [0.05, 0.1) is 6.10 Å². The average Bonchev–Trinajstić information content (AvgIpc) is 2.77. The molecular formula is C24H26N2O4. The number of aliphatic hydroxyl groups excluding tert-OH is 1. The van der Waals surface area contributed by atoms with Crippen LogP contribution in [-0.2, 0) is 11.2 Å². The van der Waals surface area contributed by atoms with Gasteiger partial charge in [-0.15, -0.1) is 0 Å². The van der Waals surface area contributed by atoms with E-state index in [1.165, 1.54) is 0 Å². The van der Waals surface area contributed by atoms with Crippen LogP contribution >= 0.6 is 0 Å². The summed E-state index contributed by atoms with van der Waals surface area (Å²) in [6.45, 7) is 1.71. The molecule has 2 atom stereocenters. The van der Waals surface area contributed by atoms with Crippen LogP contribution in [-0.4, -0.2) is 34.8 Å². The first-order valence-electron chi connectivity index (χ1n) is 9.86. The number of pyridine rings is 1. The zero-order valence-electron chi connectivity index (χ0n) is 16.9. The van der Waals surface area contributed by atoms with E-state index in [2.05, 4.69) is 4.98 Å². The van der Waals surface area contributed by atoms with Gasteiger partial charge in [0, 0.05) is 12.4 Å². The number of aromatic nitrogens is 1. The Balaban J connectivity index is 1.56. The molecule has 0 saturated carbocycles. The monoisotopic (exact) mass is 406 g/mol. The topological polar surface area (TPSA) is 94.7 Å². The van der Waals surface area contributed by atoms with Gasteiger partial charge >= 0.3 is 0 Å². The van der Waals surface area contributed by atoms with E-state index in [9.17, 15) is 9.90 Å². The van der Waals surface area contributed by atoms with Crippen LogP contribution in [0.4, 0.5) is 0 Å². The molecule has 2 aromatic carbocycles. The molecule has 156 valence electrons. The largest absolute Gasteiger partial charge is 0.488 e. The molecule has 0 bridgehead atoms. The lowest BCUT2D eigenvalue weighted by Gasteiger charge is -2.20. The molecule has 30 heavy (non-hydrogen) atoms. The molecule has 2 unspecified atom stereocenters. The van der Waals surface area contributed by atoms with Gasteiger partial charge in [0.25, 0.3) is 5.91 Å². The molecule has 6 heteroatoms. The number of ether oxygens (including phenoxy) is 2. The molecule has 0 radical (unpaired) electrons. The second-order valence-corrected chi connectivity index (χ2v) is 7.10. The molecule has 1 aromatic heterocycles. The lowest BCUT2D eigenvalue weighted by atomic mass is 10.0. The van der Waals surface area contributed by atoms with Gasteiger partial charge in [-0.25, -0.2) is 0 Å². The zero-order chi connectivity index (χ0) is 21.3. The summed E-state index contributed by atoms with van der Waals surface area (Å²) in [5.41, 5.74) is 8.14. The van der Waals surface area contributed by atoms with E-state index in [0.29, 0.717) is 17.9 Å². The molecule has 0 aliphatic rings. The van der Waals surface area contributed by atoms with Gasteiger partial charge in [0.1, 0.15) is 17.6 Å². The Morgan fingerprint density at radius 3 is 2.57 bits per heavy atom. The summed E-state index contributed by atoms with van der Waals surface area (Å²) in [7, 11) is 0. The van der Waals surface area contributed by atoms with Gasteiger partial charge in [-0.1, -0.05) is 30.3 Å². The number of aryl methyl sites for hydroxylation is 1. The second-order valence-electron chi connectivity index (χ2n) is 7.10. The van der Waals surface area contributed by atoms with Crippen molar-refractivity contribution in [3.63, 3.8) is 0 Å². The van der Waals surface area contributed by atoms with Gasteiger partial charge < -0.3 is 20.3 Å². The highest BCUT2D eigenvalue weighted by atomic mass is 16.5. The number of hydrogen-bond acceptors (Lipinski definition) is 5. The molecule has 6 nitrogen and oxygen atoms in total. The lowest BCUT2D eigenvalue weighted by Crippen LogP contribution is -2.29. The third kappa shape index (κ3) is 6.32. The zero-order valence-corrected chi connectivity index (χ0v) is 16.9. The van der Waals surface area contributed by atoms with Crippen LogP contribution in [0.2, 0.25) is 0 Å². The summed E-state index contributed by atoms with van der Waals surface area (Å²) in [5.74, 6) is 0.753. The minimum atomic E-state index is -0.580. The molecule has 0 aliphatic carbocycles. The average molecular weight is 406 g/mol. The Kier molecular flexibility index (Phi) is 7.40. The van der Waals surface area contributed by atoms with Crippen LogP contribution in [0.15, 0.2) is 73.1 Å². The van der Waals surface area contributed by atoms with Gasteiger partial charge in [-0.05, 0) is 66.8 Å². The molecule has 1 amide bonds. The number of rotatable bonds is 10. The summed E-state index contributed by atoms with van der Waals surface area (Å²) in [4.78, 5) is 15.0. The van der Waals surface area contributed by atoms with Crippen molar-refractivity contribution in [2.45, 2.75) is 32.0 Å². The van der Waals surface area contributed by atoms with Crippen molar-refractivity contribution in [3.8, 4) is 22.6 Å². The van der Waals surface area contributed by atoms with Crippen LogP contribution < -0.4 is 15.2 Å². The summed E-state index contributed by atoms with van der Waals surface area (Å²) < 4.78 is 11.3. The number of primary amides is 1. The van der Waals surface area contributed by atoms with Crippen molar-refractivity contribution in [1.29, 1.82) is 0 Å². The second kappa shape index (κ2) is 10.4. The number of nitrogens with two attached hydrogens (primary N) is 1. The van der Waals surface area contributed by atoms with Crippen LogP contribution in [0.5, 0.6) is 11.5 Å². The molecule has 0 fully saturated rings. The smallest absolute Gasteiger partial charge is 0.255 e. The fraction of sp³-hybridized carbons (Fsp3) is 0.250. The third-order valence-electron chi connectivity index (χ3n) is 4.72. The Labute approximate surface area is 176 Å². The van der Waals surface area contributed by atoms with E-state index in [-0.39, 0.29) is 12.7 Å². The summed E-state index contributed by atoms with van der Waals surface area (Å²) in [6.07, 6.45) is 3.98. The SMILES string of the molecule is CC(Oc1ccc(-c2cccc(OCC(N)=O)c2)cc1)C(O)CCc1cccnc1. The highest BCUT2D eigenvalue weighted by Crippen LogP contribution is 2.26. The van der Waals surface area contributed by atoms with Crippen molar-refractivity contribution in [2.75, 3.05) is 6.61 Å². The van der Waals surface area contributed by atoms with Crippen molar-refractivity contribution in [1.82, 2.24) is 4.98 Å². The predicted molar refractivity (Wildman–Crippen MR) is 115 cm³/mol. The Bertz CT molecular complexity index is 945. The number of nitrogens with zero attached hydrogens (tertiary/aromatic N) is 1. The molecule has 0 saturated heterocycles. The third-order valence-corrected chi connectivity index (χ3v) is 4.72. The first-order valence-corrected chi connectivity index (χ1v) is 9.86. The van der Waals surface area contributed by atoms with E-state index in [4.69, 9.17) is 15.2 Å². The maximum Gasteiger partial charge on any atom is 0.255 e. The fourth-order valence-electron chi connectivity index (χ4n) is 3.03. The Morgan fingerprint density at radius 2 is 1.87 bits per heavy atom. The quantitative estimate of drug-likeness (QED) is 0.538. The van der Waals surface area contributed by atoms with Gasteiger partial charge in [0.2, 0.25) is 0 Å². The molecule has 3 rings (SSSR count). The first-order chi connectivity index (χ1) is 14.5. The van der Waals surface area contributed by atoms with Crippen molar-refractivity contribution < 1.29 is 19.4 Å². The van der Waals surface area contributed by atoms with Crippen LogP contribution in [0, 0.1) is 0 Å². The van der Waals surface area contributed by atoms with Gasteiger partial charge in [-0.3, -0.25) is 9.78 Å². The summed E-state index contributed by atoms with van der Waals surface area (Å²) >= 11 is 0. The molecule has 1 heterocycles. The maximum atomic E-state index is 10.9. The number of benzene rings is 2. The van der Waals surface area contributed by atoms with Crippen LogP contribution in [0.3, 0.4) is 0 Å². The van der Waals surface area contributed by atoms with Crippen molar-refractivity contribution >= 4 is 5.91 Å². The summed E-state index contributed by atoms with van der Waals surface area (Å²) in [6, 6.07) is 19.0. The molecule has 3 N–H and O–H groups in total. The number of amides is 1.